The molecule has 0 radical (unpaired) electrons. The first-order valence-electron chi connectivity index (χ1n) is 6.11. The summed E-state index contributed by atoms with van der Waals surface area (Å²) in [6.45, 7) is 3.86. The van der Waals surface area contributed by atoms with Gasteiger partial charge in [0.2, 0.25) is 0 Å². The van der Waals surface area contributed by atoms with Gasteiger partial charge in [-0.1, -0.05) is 6.07 Å². The fourth-order valence-electron chi connectivity index (χ4n) is 1.97. The molecule has 0 spiro atoms. The molecule has 0 aliphatic rings. The van der Waals surface area contributed by atoms with E-state index in [9.17, 15) is 4.79 Å². The van der Waals surface area contributed by atoms with Gasteiger partial charge in [0.05, 0.1) is 16.9 Å². The lowest BCUT2D eigenvalue weighted by atomic mass is 10.1. The summed E-state index contributed by atoms with van der Waals surface area (Å²) in [5, 5.41) is 10.1. The Bertz CT molecular complexity index is 616. The molecule has 0 atom stereocenters. The van der Waals surface area contributed by atoms with Gasteiger partial charge in [-0.05, 0) is 31.5 Å². The van der Waals surface area contributed by atoms with Crippen LogP contribution in [0.1, 0.15) is 21.6 Å². The van der Waals surface area contributed by atoms with Gasteiger partial charge in [0.15, 0.2) is 0 Å². The Morgan fingerprint density at radius 2 is 2.00 bits per heavy atom. The molecule has 0 fully saturated rings. The summed E-state index contributed by atoms with van der Waals surface area (Å²) in [5.41, 5.74) is 4.08. The molecule has 1 aromatic heterocycles. The third kappa shape index (κ3) is 2.76. The minimum Gasteiger partial charge on any atom is -0.387 e. The number of carbonyl (C=O) groups is 1. The van der Waals surface area contributed by atoms with Crippen molar-refractivity contribution >= 4 is 17.3 Å². The lowest BCUT2D eigenvalue weighted by Gasteiger charge is -2.10. The molecule has 0 unspecified atom stereocenters. The highest BCUT2D eigenvalue weighted by Gasteiger charge is 2.13. The zero-order valence-electron chi connectivity index (χ0n) is 11.6. The van der Waals surface area contributed by atoms with Crippen molar-refractivity contribution in [1.29, 1.82) is 0 Å². The molecule has 2 rings (SSSR count). The molecule has 0 aliphatic heterocycles. The second-order valence-corrected chi connectivity index (χ2v) is 4.56. The van der Waals surface area contributed by atoms with E-state index in [-0.39, 0.29) is 5.91 Å². The van der Waals surface area contributed by atoms with Crippen LogP contribution in [0.4, 0.5) is 11.4 Å². The van der Waals surface area contributed by atoms with Gasteiger partial charge in [0.25, 0.3) is 5.91 Å². The summed E-state index contributed by atoms with van der Waals surface area (Å²) in [6, 6.07) is 5.69. The van der Waals surface area contributed by atoms with Crippen molar-refractivity contribution in [2.24, 2.45) is 7.05 Å². The highest BCUT2D eigenvalue weighted by atomic mass is 16.1. The summed E-state index contributed by atoms with van der Waals surface area (Å²) in [6.07, 6.45) is 1.79. The number of carbonyl (C=O) groups excluding carboxylic acids is 1. The highest BCUT2D eigenvalue weighted by molar-refractivity contribution is 6.08. The average Bonchev–Trinajstić information content (AvgIpc) is 2.67. The standard InChI is InChI=1S/C14H18N4O/c1-9-5-6-11(12(7-9)15-3)14(19)16-13-8-18(4)17-10(13)2/h5-8,15H,1-4H3,(H,16,19). The molecule has 19 heavy (non-hydrogen) atoms. The Balaban J connectivity index is 2.27. The van der Waals surface area contributed by atoms with Gasteiger partial charge in [0.1, 0.15) is 0 Å². The van der Waals surface area contributed by atoms with E-state index < -0.39 is 0 Å². The van der Waals surface area contributed by atoms with E-state index in [1.54, 1.807) is 17.9 Å². The summed E-state index contributed by atoms with van der Waals surface area (Å²) >= 11 is 0. The summed E-state index contributed by atoms with van der Waals surface area (Å²) in [4.78, 5) is 12.3. The van der Waals surface area contributed by atoms with Crippen molar-refractivity contribution < 1.29 is 4.79 Å². The number of amides is 1. The largest absolute Gasteiger partial charge is 0.387 e. The predicted octanol–water partition coefficient (Wildman–Crippen LogP) is 2.33. The van der Waals surface area contributed by atoms with Gasteiger partial charge in [0, 0.05) is 26.0 Å². The van der Waals surface area contributed by atoms with Crippen LogP contribution in [0.3, 0.4) is 0 Å². The van der Waals surface area contributed by atoms with E-state index in [1.165, 1.54) is 0 Å². The molecule has 1 heterocycles. The second kappa shape index (κ2) is 5.14. The summed E-state index contributed by atoms with van der Waals surface area (Å²) < 4.78 is 1.68. The van der Waals surface area contributed by atoms with Crippen LogP contribution in [0.15, 0.2) is 24.4 Å². The second-order valence-electron chi connectivity index (χ2n) is 4.56. The molecule has 0 saturated heterocycles. The van der Waals surface area contributed by atoms with Crippen LogP contribution in [0.25, 0.3) is 0 Å². The highest BCUT2D eigenvalue weighted by Crippen LogP contribution is 2.19. The summed E-state index contributed by atoms with van der Waals surface area (Å²) in [5.74, 6) is -0.138. The molecule has 2 aromatic rings. The molecule has 5 heteroatoms. The fraction of sp³-hybridized carbons (Fsp3) is 0.286. The Morgan fingerprint density at radius 3 is 2.58 bits per heavy atom. The van der Waals surface area contributed by atoms with Crippen LogP contribution < -0.4 is 10.6 Å². The van der Waals surface area contributed by atoms with E-state index in [0.29, 0.717) is 5.56 Å². The van der Waals surface area contributed by atoms with Gasteiger partial charge < -0.3 is 10.6 Å². The molecule has 2 N–H and O–H groups in total. The zero-order valence-corrected chi connectivity index (χ0v) is 11.6. The molecule has 0 aliphatic carbocycles. The van der Waals surface area contributed by atoms with Crippen molar-refractivity contribution in [3.8, 4) is 0 Å². The van der Waals surface area contributed by atoms with Gasteiger partial charge in [-0.25, -0.2) is 0 Å². The number of anilines is 2. The zero-order chi connectivity index (χ0) is 14.0. The van der Waals surface area contributed by atoms with E-state index in [4.69, 9.17) is 0 Å². The number of rotatable bonds is 3. The number of nitrogens with zero attached hydrogens (tertiary/aromatic N) is 2. The molecule has 100 valence electrons. The molecular weight excluding hydrogens is 240 g/mol. The first-order valence-corrected chi connectivity index (χ1v) is 6.11. The van der Waals surface area contributed by atoms with E-state index in [0.717, 1.165) is 22.6 Å². The normalized spacial score (nSPS) is 10.3. The first kappa shape index (κ1) is 13.1. The fourth-order valence-corrected chi connectivity index (χ4v) is 1.97. The average molecular weight is 258 g/mol. The van der Waals surface area contributed by atoms with Crippen molar-refractivity contribution in [1.82, 2.24) is 9.78 Å². The van der Waals surface area contributed by atoms with Crippen LogP contribution >= 0.6 is 0 Å². The number of hydrogen-bond donors (Lipinski definition) is 2. The SMILES string of the molecule is CNc1cc(C)ccc1C(=O)Nc1cn(C)nc1C. The maximum Gasteiger partial charge on any atom is 0.257 e. The van der Waals surface area contributed by atoms with Crippen molar-refractivity contribution in [2.75, 3.05) is 17.7 Å². The summed E-state index contributed by atoms with van der Waals surface area (Å²) in [7, 11) is 3.63. The van der Waals surface area contributed by atoms with Gasteiger partial charge in [-0.2, -0.15) is 5.10 Å². The molecule has 1 aromatic carbocycles. The van der Waals surface area contributed by atoms with E-state index in [1.807, 2.05) is 39.1 Å². The smallest absolute Gasteiger partial charge is 0.257 e. The maximum atomic E-state index is 12.3. The third-order valence-corrected chi connectivity index (χ3v) is 2.95. The molecular formula is C14H18N4O. The Hall–Kier alpha value is -2.30. The van der Waals surface area contributed by atoms with Crippen molar-refractivity contribution in [3.63, 3.8) is 0 Å². The van der Waals surface area contributed by atoms with Gasteiger partial charge in [-0.3, -0.25) is 9.48 Å². The Labute approximate surface area is 112 Å². The van der Waals surface area contributed by atoms with Crippen LogP contribution in [-0.4, -0.2) is 22.7 Å². The minimum atomic E-state index is -0.138. The minimum absolute atomic E-state index is 0.138. The maximum absolute atomic E-state index is 12.3. The van der Waals surface area contributed by atoms with Crippen molar-refractivity contribution in [2.45, 2.75) is 13.8 Å². The number of hydrogen-bond acceptors (Lipinski definition) is 3. The monoisotopic (exact) mass is 258 g/mol. The first-order chi connectivity index (χ1) is 9.01. The predicted molar refractivity (Wildman–Crippen MR) is 76.6 cm³/mol. The van der Waals surface area contributed by atoms with Crippen LogP contribution in [0, 0.1) is 13.8 Å². The number of nitrogens with one attached hydrogen (secondary N) is 2. The Morgan fingerprint density at radius 1 is 1.26 bits per heavy atom. The van der Waals surface area contributed by atoms with E-state index >= 15 is 0 Å². The molecule has 0 bridgehead atoms. The molecule has 0 saturated carbocycles. The van der Waals surface area contributed by atoms with E-state index in [2.05, 4.69) is 15.7 Å². The molecule has 1 amide bonds. The number of aromatic nitrogens is 2. The quantitative estimate of drug-likeness (QED) is 0.888. The third-order valence-electron chi connectivity index (χ3n) is 2.95. The topological polar surface area (TPSA) is 59.0 Å². The number of aryl methyl sites for hydroxylation is 3. The van der Waals surface area contributed by atoms with Gasteiger partial charge >= 0.3 is 0 Å². The van der Waals surface area contributed by atoms with Crippen LogP contribution in [-0.2, 0) is 7.05 Å². The van der Waals surface area contributed by atoms with Gasteiger partial charge in [-0.15, -0.1) is 0 Å². The lowest BCUT2D eigenvalue weighted by molar-refractivity contribution is 0.102. The molecule has 5 nitrogen and oxygen atoms in total. The lowest BCUT2D eigenvalue weighted by Crippen LogP contribution is -2.14. The van der Waals surface area contributed by atoms with Crippen molar-refractivity contribution in [3.05, 3.63) is 41.2 Å². The Kier molecular flexibility index (Phi) is 3.55. The van der Waals surface area contributed by atoms with Crippen LogP contribution in [0.2, 0.25) is 0 Å². The van der Waals surface area contributed by atoms with Crippen LogP contribution in [0.5, 0.6) is 0 Å². The number of benzene rings is 1.